The maximum absolute atomic E-state index is 11.2. The van der Waals surface area contributed by atoms with Gasteiger partial charge in [-0.25, -0.2) is 10.8 Å². The highest BCUT2D eigenvalue weighted by Crippen LogP contribution is 2.19. The van der Waals surface area contributed by atoms with Crippen LogP contribution in [0.25, 0.3) is 0 Å². The van der Waals surface area contributed by atoms with Gasteiger partial charge >= 0.3 is 0 Å². The highest BCUT2D eigenvalue weighted by Gasteiger charge is 2.13. The molecule has 1 aromatic rings. The molecule has 5 heteroatoms. The first kappa shape index (κ1) is 9.47. The summed E-state index contributed by atoms with van der Waals surface area (Å²) in [5.41, 5.74) is 3.04. The molecule has 0 atom stereocenters. The van der Waals surface area contributed by atoms with Gasteiger partial charge in [-0.2, -0.15) is 0 Å². The summed E-state index contributed by atoms with van der Waals surface area (Å²) >= 11 is 0. The lowest BCUT2D eigenvalue weighted by molar-refractivity contribution is 0.0945. The van der Waals surface area contributed by atoms with E-state index in [0.717, 1.165) is 5.56 Å². The van der Waals surface area contributed by atoms with Gasteiger partial charge in [0.1, 0.15) is 0 Å². The molecule has 5 nitrogen and oxygen atoms in total. The Labute approximate surface area is 75.9 Å². The molecule has 0 saturated carbocycles. The Kier molecular flexibility index (Phi) is 2.81. The molecule has 0 aliphatic heterocycles. The highest BCUT2D eigenvalue weighted by atomic mass is 16.5. The molecule has 0 saturated heterocycles. The summed E-state index contributed by atoms with van der Waals surface area (Å²) in [6.45, 7) is 1.83. The molecule has 13 heavy (non-hydrogen) atoms. The van der Waals surface area contributed by atoms with Crippen LogP contribution in [-0.2, 0) is 0 Å². The number of aryl methyl sites for hydroxylation is 1. The molecular formula is C8H11N3O2. The molecule has 0 unspecified atom stereocenters. The number of nitrogens with one attached hydrogen (secondary N) is 1. The van der Waals surface area contributed by atoms with Crippen LogP contribution in [0.2, 0.25) is 0 Å². The van der Waals surface area contributed by atoms with E-state index in [9.17, 15) is 4.79 Å². The van der Waals surface area contributed by atoms with E-state index in [1.54, 1.807) is 6.07 Å². The van der Waals surface area contributed by atoms with E-state index in [0.29, 0.717) is 5.75 Å². The number of nitrogens with zero attached hydrogens (tertiary/aromatic N) is 1. The van der Waals surface area contributed by atoms with Gasteiger partial charge in [0.25, 0.3) is 5.91 Å². The number of hydrazine groups is 1. The highest BCUT2D eigenvalue weighted by molar-refractivity contribution is 5.94. The second-order valence-corrected chi connectivity index (χ2v) is 2.48. The monoisotopic (exact) mass is 181 g/mol. The van der Waals surface area contributed by atoms with Crippen molar-refractivity contribution in [2.24, 2.45) is 5.84 Å². The molecule has 0 fully saturated rings. The SMILES string of the molecule is COc1c(C)ccnc1C(=O)NN. The van der Waals surface area contributed by atoms with Crippen LogP contribution >= 0.6 is 0 Å². The zero-order valence-corrected chi connectivity index (χ0v) is 7.50. The third-order valence-electron chi connectivity index (χ3n) is 1.65. The number of rotatable bonds is 2. The number of carbonyl (C=O) groups is 1. The third-order valence-corrected chi connectivity index (χ3v) is 1.65. The Bertz CT molecular complexity index is 325. The van der Waals surface area contributed by atoms with E-state index in [2.05, 4.69) is 4.98 Å². The minimum Gasteiger partial charge on any atom is -0.494 e. The number of ether oxygens (including phenoxy) is 1. The van der Waals surface area contributed by atoms with Crippen LogP contribution in [0.3, 0.4) is 0 Å². The van der Waals surface area contributed by atoms with Crippen molar-refractivity contribution in [1.29, 1.82) is 0 Å². The molecule has 0 aliphatic carbocycles. The third kappa shape index (κ3) is 1.75. The van der Waals surface area contributed by atoms with Crippen LogP contribution in [0.4, 0.5) is 0 Å². The first-order valence-electron chi connectivity index (χ1n) is 3.71. The molecule has 0 spiro atoms. The van der Waals surface area contributed by atoms with Crippen LogP contribution < -0.4 is 16.0 Å². The van der Waals surface area contributed by atoms with Crippen molar-refractivity contribution in [3.63, 3.8) is 0 Å². The van der Waals surface area contributed by atoms with E-state index in [-0.39, 0.29) is 5.69 Å². The zero-order valence-electron chi connectivity index (χ0n) is 7.50. The maximum atomic E-state index is 11.2. The Morgan fingerprint density at radius 3 is 2.92 bits per heavy atom. The van der Waals surface area contributed by atoms with E-state index in [1.165, 1.54) is 13.3 Å². The van der Waals surface area contributed by atoms with Crippen molar-refractivity contribution in [2.75, 3.05) is 7.11 Å². The van der Waals surface area contributed by atoms with E-state index in [4.69, 9.17) is 10.6 Å². The van der Waals surface area contributed by atoms with E-state index >= 15 is 0 Å². The fourth-order valence-corrected chi connectivity index (χ4v) is 1.03. The van der Waals surface area contributed by atoms with Crippen LogP contribution in [-0.4, -0.2) is 18.0 Å². The fraction of sp³-hybridized carbons (Fsp3) is 0.250. The van der Waals surface area contributed by atoms with Crippen LogP contribution in [0.5, 0.6) is 5.75 Å². The first-order chi connectivity index (χ1) is 6.20. The Balaban J connectivity index is 3.20. The molecule has 0 radical (unpaired) electrons. The van der Waals surface area contributed by atoms with Crippen molar-refractivity contribution in [1.82, 2.24) is 10.4 Å². The van der Waals surface area contributed by atoms with E-state index < -0.39 is 5.91 Å². The minimum absolute atomic E-state index is 0.199. The van der Waals surface area contributed by atoms with Gasteiger partial charge in [0.2, 0.25) is 0 Å². The smallest absolute Gasteiger partial charge is 0.287 e. The van der Waals surface area contributed by atoms with Gasteiger partial charge in [0.05, 0.1) is 7.11 Å². The normalized spacial score (nSPS) is 9.46. The number of aromatic nitrogens is 1. The van der Waals surface area contributed by atoms with Gasteiger partial charge in [0.15, 0.2) is 11.4 Å². The summed E-state index contributed by atoms with van der Waals surface area (Å²) < 4.78 is 5.02. The quantitative estimate of drug-likeness (QED) is 0.382. The lowest BCUT2D eigenvalue weighted by Crippen LogP contribution is -2.31. The summed E-state index contributed by atoms with van der Waals surface area (Å²) in [5.74, 6) is 4.97. The summed E-state index contributed by atoms with van der Waals surface area (Å²) in [5, 5.41) is 0. The number of hydrogen-bond acceptors (Lipinski definition) is 4. The molecule has 70 valence electrons. The lowest BCUT2D eigenvalue weighted by atomic mass is 10.2. The maximum Gasteiger partial charge on any atom is 0.287 e. The Hall–Kier alpha value is -1.62. The average molecular weight is 181 g/mol. The summed E-state index contributed by atoms with van der Waals surface area (Å²) in [6.07, 6.45) is 1.53. The number of carbonyl (C=O) groups excluding carboxylic acids is 1. The standard InChI is InChI=1S/C8H11N3O2/c1-5-3-4-10-6(7(5)13-2)8(12)11-9/h3-4H,9H2,1-2H3,(H,11,12). The largest absolute Gasteiger partial charge is 0.494 e. The van der Waals surface area contributed by atoms with Crippen LogP contribution in [0, 0.1) is 6.92 Å². The van der Waals surface area contributed by atoms with Gasteiger partial charge in [-0.3, -0.25) is 10.2 Å². The molecule has 0 aliphatic rings. The van der Waals surface area contributed by atoms with Gasteiger partial charge in [0, 0.05) is 6.20 Å². The summed E-state index contributed by atoms with van der Waals surface area (Å²) in [6, 6.07) is 1.76. The second kappa shape index (κ2) is 3.86. The topological polar surface area (TPSA) is 77.2 Å². The van der Waals surface area contributed by atoms with Crippen molar-refractivity contribution < 1.29 is 9.53 Å². The molecule has 3 N–H and O–H groups in total. The number of nitrogen functional groups attached to an aromatic ring is 1. The summed E-state index contributed by atoms with van der Waals surface area (Å²) in [4.78, 5) is 15.0. The van der Waals surface area contributed by atoms with Crippen LogP contribution in [0.15, 0.2) is 12.3 Å². The molecule has 1 aromatic heterocycles. The minimum atomic E-state index is -0.458. The van der Waals surface area contributed by atoms with E-state index in [1.807, 2.05) is 12.3 Å². The number of hydrogen-bond donors (Lipinski definition) is 2. The number of nitrogens with two attached hydrogens (primary N) is 1. The predicted molar refractivity (Wildman–Crippen MR) is 47.2 cm³/mol. The Morgan fingerprint density at radius 2 is 2.38 bits per heavy atom. The molecule has 1 rings (SSSR count). The number of amides is 1. The number of methoxy groups -OCH3 is 1. The fourth-order valence-electron chi connectivity index (χ4n) is 1.03. The van der Waals surface area contributed by atoms with Crippen LogP contribution in [0.1, 0.15) is 16.1 Å². The molecule has 0 bridgehead atoms. The van der Waals surface area contributed by atoms with Crippen molar-refractivity contribution >= 4 is 5.91 Å². The number of pyridine rings is 1. The predicted octanol–water partition coefficient (Wildman–Crippen LogP) is 0.00212. The lowest BCUT2D eigenvalue weighted by Gasteiger charge is -2.07. The van der Waals surface area contributed by atoms with Crippen molar-refractivity contribution in [2.45, 2.75) is 6.92 Å². The second-order valence-electron chi connectivity index (χ2n) is 2.48. The molecule has 1 amide bonds. The zero-order chi connectivity index (χ0) is 9.84. The van der Waals surface area contributed by atoms with Gasteiger partial charge in [-0.05, 0) is 18.6 Å². The summed E-state index contributed by atoms with van der Waals surface area (Å²) in [7, 11) is 1.48. The Morgan fingerprint density at radius 1 is 1.69 bits per heavy atom. The van der Waals surface area contributed by atoms with Gasteiger partial charge in [-0.1, -0.05) is 0 Å². The van der Waals surface area contributed by atoms with Gasteiger partial charge in [-0.15, -0.1) is 0 Å². The first-order valence-corrected chi connectivity index (χ1v) is 3.71. The van der Waals surface area contributed by atoms with Gasteiger partial charge < -0.3 is 4.74 Å². The average Bonchev–Trinajstić information content (AvgIpc) is 2.16. The molecule has 0 aromatic carbocycles. The van der Waals surface area contributed by atoms with Crippen molar-refractivity contribution in [3.05, 3.63) is 23.5 Å². The molecule has 1 heterocycles. The molecular weight excluding hydrogens is 170 g/mol. The van der Waals surface area contributed by atoms with Crippen molar-refractivity contribution in [3.8, 4) is 5.75 Å².